The highest BCUT2D eigenvalue weighted by atomic mass is 35.5. The molecule has 1 aromatic carbocycles. The number of hydrogen-bond donors (Lipinski definition) is 2. The van der Waals surface area contributed by atoms with Crippen molar-refractivity contribution in [1.29, 1.82) is 0 Å². The van der Waals surface area contributed by atoms with Crippen LogP contribution < -0.4 is 5.32 Å². The highest BCUT2D eigenvalue weighted by Gasteiger charge is 2.06. The number of aromatic nitrogens is 2. The SMILES string of the molecule is CCOC(=O)Nc1ncc(-c2ccc(Cl)cc2)[nH]1. The summed E-state index contributed by atoms with van der Waals surface area (Å²) in [6.45, 7) is 2.05. The van der Waals surface area contributed by atoms with Crippen molar-refractivity contribution in [3.63, 3.8) is 0 Å². The summed E-state index contributed by atoms with van der Waals surface area (Å²) in [4.78, 5) is 18.2. The second kappa shape index (κ2) is 5.55. The average molecular weight is 266 g/mol. The van der Waals surface area contributed by atoms with Crippen LogP contribution in [0.5, 0.6) is 0 Å². The maximum atomic E-state index is 11.2. The molecule has 0 fully saturated rings. The molecule has 5 nitrogen and oxygen atoms in total. The molecule has 94 valence electrons. The lowest BCUT2D eigenvalue weighted by Gasteiger charge is -2.01. The van der Waals surface area contributed by atoms with Gasteiger partial charge < -0.3 is 9.72 Å². The number of aromatic amines is 1. The molecule has 0 bridgehead atoms. The predicted molar refractivity (Wildman–Crippen MR) is 69.7 cm³/mol. The molecule has 0 atom stereocenters. The number of nitrogens with one attached hydrogen (secondary N) is 2. The van der Waals surface area contributed by atoms with Gasteiger partial charge in [0.1, 0.15) is 0 Å². The van der Waals surface area contributed by atoms with Crippen molar-refractivity contribution in [2.45, 2.75) is 6.92 Å². The Morgan fingerprint density at radius 3 is 2.83 bits per heavy atom. The smallest absolute Gasteiger partial charge is 0.413 e. The number of nitrogens with zero attached hydrogens (tertiary/aromatic N) is 1. The molecule has 0 aliphatic heterocycles. The van der Waals surface area contributed by atoms with E-state index in [0.717, 1.165) is 11.3 Å². The molecule has 1 aromatic heterocycles. The number of amides is 1. The minimum atomic E-state index is -0.533. The van der Waals surface area contributed by atoms with Crippen LogP contribution in [0, 0.1) is 0 Å². The van der Waals surface area contributed by atoms with Gasteiger partial charge in [0.2, 0.25) is 5.95 Å². The summed E-state index contributed by atoms with van der Waals surface area (Å²) in [5.41, 5.74) is 1.72. The molecule has 0 radical (unpaired) electrons. The van der Waals surface area contributed by atoms with E-state index in [0.29, 0.717) is 17.6 Å². The number of ether oxygens (including phenoxy) is 1. The molecule has 2 rings (SSSR count). The molecule has 0 unspecified atom stereocenters. The number of rotatable bonds is 3. The van der Waals surface area contributed by atoms with Crippen LogP contribution in [0.3, 0.4) is 0 Å². The van der Waals surface area contributed by atoms with Crippen molar-refractivity contribution in [2.75, 3.05) is 11.9 Å². The fraction of sp³-hybridized carbons (Fsp3) is 0.167. The highest BCUT2D eigenvalue weighted by Crippen LogP contribution is 2.20. The van der Waals surface area contributed by atoms with E-state index < -0.39 is 6.09 Å². The van der Waals surface area contributed by atoms with Gasteiger partial charge in [-0.05, 0) is 24.6 Å². The summed E-state index contributed by atoms with van der Waals surface area (Å²) in [6, 6.07) is 7.31. The maximum absolute atomic E-state index is 11.2. The lowest BCUT2D eigenvalue weighted by molar-refractivity contribution is 0.167. The first kappa shape index (κ1) is 12.4. The molecule has 18 heavy (non-hydrogen) atoms. The van der Waals surface area contributed by atoms with E-state index in [1.54, 1.807) is 25.3 Å². The summed E-state index contributed by atoms with van der Waals surface area (Å²) in [7, 11) is 0. The van der Waals surface area contributed by atoms with E-state index in [-0.39, 0.29) is 0 Å². The number of imidazole rings is 1. The van der Waals surface area contributed by atoms with Gasteiger partial charge in [0.15, 0.2) is 0 Å². The van der Waals surface area contributed by atoms with Gasteiger partial charge in [0.25, 0.3) is 0 Å². The van der Waals surface area contributed by atoms with Crippen molar-refractivity contribution in [2.24, 2.45) is 0 Å². The van der Waals surface area contributed by atoms with Crippen LogP contribution in [0.1, 0.15) is 6.92 Å². The van der Waals surface area contributed by atoms with Crippen molar-refractivity contribution in [3.05, 3.63) is 35.5 Å². The van der Waals surface area contributed by atoms with E-state index in [1.807, 2.05) is 12.1 Å². The van der Waals surface area contributed by atoms with Crippen LogP contribution in [0.2, 0.25) is 5.02 Å². The third-order valence-electron chi connectivity index (χ3n) is 2.23. The molecule has 0 aliphatic rings. The van der Waals surface area contributed by atoms with Crippen LogP contribution in [0.25, 0.3) is 11.3 Å². The Kier molecular flexibility index (Phi) is 3.84. The monoisotopic (exact) mass is 265 g/mol. The second-order valence-electron chi connectivity index (χ2n) is 3.50. The molecule has 0 spiro atoms. The van der Waals surface area contributed by atoms with Crippen molar-refractivity contribution in [1.82, 2.24) is 9.97 Å². The quantitative estimate of drug-likeness (QED) is 0.895. The van der Waals surface area contributed by atoms with E-state index in [9.17, 15) is 4.79 Å². The molecule has 2 N–H and O–H groups in total. The number of halogens is 1. The molecule has 0 saturated heterocycles. The lowest BCUT2D eigenvalue weighted by Crippen LogP contribution is -2.14. The molecule has 1 heterocycles. The third-order valence-corrected chi connectivity index (χ3v) is 2.48. The minimum Gasteiger partial charge on any atom is -0.450 e. The zero-order valence-electron chi connectivity index (χ0n) is 9.74. The fourth-order valence-electron chi connectivity index (χ4n) is 1.42. The summed E-state index contributed by atoms with van der Waals surface area (Å²) in [5, 5.41) is 3.16. The van der Waals surface area contributed by atoms with Crippen LogP contribution >= 0.6 is 11.6 Å². The Labute approximate surface area is 109 Å². The average Bonchev–Trinajstić information content (AvgIpc) is 2.78. The number of H-pyrrole nitrogens is 1. The zero-order valence-corrected chi connectivity index (χ0v) is 10.5. The van der Waals surface area contributed by atoms with Gasteiger partial charge in [-0.2, -0.15) is 0 Å². The van der Waals surface area contributed by atoms with Gasteiger partial charge in [0.05, 0.1) is 18.5 Å². The lowest BCUT2D eigenvalue weighted by atomic mass is 10.2. The number of hydrogen-bond acceptors (Lipinski definition) is 3. The van der Waals surface area contributed by atoms with Crippen molar-refractivity contribution >= 4 is 23.6 Å². The van der Waals surface area contributed by atoms with Crippen LogP contribution in [-0.4, -0.2) is 22.7 Å². The Hall–Kier alpha value is -2.01. The van der Waals surface area contributed by atoms with E-state index in [1.165, 1.54) is 0 Å². The van der Waals surface area contributed by atoms with E-state index in [4.69, 9.17) is 16.3 Å². The molecule has 0 aliphatic carbocycles. The van der Waals surface area contributed by atoms with Gasteiger partial charge in [-0.3, -0.25) is 5.32 Å². The highest BCUT2D eigenvalue weighted by molar-refractivity contribution is 6.30. The third kappa shape index (κ3) is 3.01. The number of anilines is 1. The summed E-state index contributed by atoms with van der Waals surface area (Å²) in [5.74, 6) is 0.346. The van der Waals surface area contributed by atoms with E-state index >= 15 is 0 Å². The first-order valence-electron chi connectivity index (χ1n) is 5.43. The topological polar surface area (TPSA) is 67.0 Å². The van der Waals surface area contributed by atoms with Gasteiger partial charge >= 0.3 is 6.09 Å². The largest absolute Gasteiger partial charge is 0.450 e. The van der Waals surface area contributed by atoms with E-state index in [2.05, 4.69) is 15.3 Å². The Morgan fingerprint density at radius 1 is 1.44 bits per heavy atom. The standard InChI is InChI=1S/C12H12ClN3O2/c1-2-18-12(17)16-11-14-7-10(15-11)8-3-5-9(13)6-4-8/h3-7H,2H2,1H3,(H2,14,15,16,17). The first-order valence-corrected chi connectivity index (χ1v) is 5.81. The van der Waals surface area contributed by atoms with Gasteiger partial charge in [0, 0.05) is 5.02 Å². The van der Waals surface area contributed by atoms with Crippen LogP contribution in [-0.2, 0) is 4.74 Å². The van der Waals surface area contributed by atoms with Gasteiger partial charge in [-0.25, -0.2) is 9.78 Å². The van der Waals surface area contributed by atoms with Crippen molar-refractivity contribution in [3.8, 4) is 11.3 Å². The Morgan fingerprint density at radius 2 is 2.17 bits per heavy atom. The minimum absolute atomic E-state index is 0.316. The number of benzene rings is 1. The van der Waals surface area contributed by atoms with Crippen LogP contribution in [0.15, 0.2) is 30.5 Å². The normalized spacial score (nSPS) is 10.1. The fourth-order valence-corrected chi connectivity index (χ4v) is 1.55. The van der Waals surface area contributed by atoms with Gasteiger partial charge in [-0.1, -0.05) is 23.7 Å². The molecule has 6 heteroatoms. The van der Waals surface area contributed by atoms with Crippen LogP contribution in [0.4, 0.5) is 10.7 Å². The summed E-state index contributed by atoms with van der Waals surface area (Å²) < 4.78 is 4.75. The van der Waals surface area contributed by atoms with Gasteiger partial charge in [-0.15, -0.1) is 0 Å². The Bertz CT molecular complexity index is 537. The summed E-state index contributed by atoms with van der Waals surface area (Å²) >= 11 is 5.81. The number of carbonyl (C=O) groups is 1. The maximum Gasteiger partial charge on any atom is 0.413 e. The van der Waals surface area contributed by atoms with Crippen molar-refractivity contribution < 1.29 is 9.53 Å². The molecule has 2 aromatic rings. The second-order valence-corrected chi connectivity index (χ2v) is 3.93. The predicted octanol–water partition coefficient (Wildman–Crippen LogP) is 3.30. The number of carbonyl (C=O) groups excluding carboxylic acids is 1. The Balaban J connectivity index is 2.10. The molecule has 0 saturated carbocycles. The molecule has 1 amide bonds. The summed E-state index contributed by atoms with van der Waals surface area (Å²) in [6.07, 6.45) is 1.10. The zero-order chi connectivity index (χ0) is 13.0. The molecular weight excluding hydrogens is 254 g/mol. The molecular formula is C12H12ClN3O2. The first-order chi connectivity index (χ1) is 8.69.